The molecule has 0 aliphatic carbocycles. The van der Waals surface area contributed by atoms with Crippen LogP contribution in [0.25, 0.3) is 0 Å². The monoisotopic (exact) mass is 770 g/mol. The topological polar surface area (TPSA) is 107 Å². The maximum Gasteiger partial charge on any atom is 0.305 e. The molecular weight excluding hydrogens is 675 g/mol. The number of carboxylic acid groups (broad SMARTS) is 1. The van der Waals surface area contributed by atoms with Crippen LogP contribution in [0.4, 0.5) is 0 Å². The maximum atomic E-state index is 12.4. The summed E-state index contributed by atoms with van der Waals surface area (Å²) in [5.74, 6) is 1.57. The number of esters is 1. The van der Waals surface area contributed by atoms with Crippen molar-refractivity contribution in [2.24, 2.45) is 11.8 Å². The lowest BCUT2D eigenvalue weighted by molar-refractivity contribution is -0.144. The van der Waals surface area contributed by atoms with E-state index in [1.807, 2.05) is 0 Å². The molecule has 0 aromatic heterocycles. The Morgan fingerprint density at radius 1 is 0.537 bits per heavy atom. The highest BCUT2D eigenvalue weighted by molar-refractivity contribution is 5.69. The van der Waals surface area contributed by atoms with Gasteiger partial charge in [0.05, 0.1) is 12.7 Å². The maximum absolute atomic E-state index is 12.4. The second-order valence-electron chi connectivity index (χ2n) is 16.4. The Morgan fingerprint density at radius 2 is 0.907 bits per heavy atom. The van der Waals surface area contributed by atoms with Gasteiger partial charge in [-0.15, -0.1) is 0 Å². The molecule has 0 radical (unpaired) electrons. The average molecular weight is 770 g/mol. The highest BCUT2D eigenvalue weighted by atomic mass is 16.5. The first kappa shape index (κ1) is 54.9. The fourth-order valence-corrected chi connectivity index (χ4v) is 7.82. The Labute approximate surface area is 336 Å². The van der Waals surface area contributed by atoms with E-state index in [2.05, 4.69) is 32.6 Å². The predicted octanol–water partition coefficient (Wildman–Crippen LogP) is 13.1. The minimum atomic E-state index is -0.377. The Morgan fingerprint density at radius 3 is 1.39 bits per heavy atom. The number of hydrogen-bond acceptors (Lipinski definition) is 6. The average Bonchev–Trinajstić information content (AvgIpc) is 3.16. The summed E-state index contributed by atoms with van der Waals surface area (Å²) in [5.41, 5.74) is 0. The van der Waals surface area contributed by atoms with Crippen molar-refractivity contribution >= 4 is 12.4 Å². The molecule has 7 heteroatoms. The SMILES string of the molecule is CCCCCCCC(CCCCC)CCCCCCCCN(CCCO)CC(O)CCCCC(=O)OCCC(CCCCC)CCCCCCC.O=CO. The lowest BCUT2D eigenvalue weighted by Crippen LogP contribution is -2.34. The largest absolute Gasteiger partial charge is 0.483 e. The number of aliphatic hydroxyl groups is 2. The van der Waals surface area contributed by atoms with E-state index in [4.69, 9.17) is 14.6 Å². The van der Waals surface area contributed by atoms with Crippen molar-refractivity contribution in [1.82, 2.24) is 4.90 Å². The van der Waals surface area contributed by atoms with Crippen molar-refractivity contribution in [3.8, 4) is 0 Å². The lowest BCUT2D eigenvalue weighted by Gasteiger charge is -2.25. The van der Waals surface area contributed by atoms with Crippen molar-refractivity contribution in [2.45, 2.75) is 246 Å². The van der Waals surface area contributed by atoms with Crippen molar-refractivity contribution < 1.29 is 29.6 Å². The fourth-order valence-electron chi connectivity index (χ4n) is 7.82. The van der Waals surface area contributed by atoms with E-state index in [1.165, 1.54) is 173 Å². The third-order valence-corrected chi connectivity index (χ3v) is 11.3. The molecule has 54 heavy (non-hydrogen) atoms. The summed E-state index contributed by atoms with van der Waals surface area (Å²) in [6, 6.07) is 0. The van der Waals surface area contributed by atoms with E-state index < -0.39 is 0 Å². The van der Waals surface area contributed by atoms with E-state index in [0.717, 1.165) is 51.1 Å². The van der Waals surface area contributed by atoms with Crippen LogP contribution in [0.15, 0.2) is 0 Å². The molecule has 0 saturated heterocycles. The highest BCUT2D eigenvalue weighted by Crippen LogP contribution is 2.25. The molecule has 7 nitrogen and oxygen atoms in total. The van der Waals surface area contributed by atoms with Gasteiger partial charge < -0.3 is 25.0 Å². The molecule has 0 saturated carbocycles. The van der Waals surface area contributed by atoms with Gasteiger partial charge in [0.2, 0.25) is 0 Å². The molecule has 324 valence electrons. The highest BCUT2D eigenvalue weighted by Gasteiger charge is 2.14. The molecule has 0 amide bonds. The van der Waals surface area contributed by atoms with Crippen molar-refractivity contribution in [2.75, 3.05) is 32.8 Å². The molecule has 0 fully saturated rings. The van der Waals surface area contributed by atoms with Crippen LogP contribution in [-0.2, 0) is 14.3 Å². The zero-order valence-corrected chi connectivity index (χ0v) is 36.7. The summed E-state index contributed by atoms with van der Waals surface area (Å²) in [4.78, 5) is 23.1. The standard InChI is InChI=1S/C46H93NO4.CH2O2/c1-5-9-13-17-23-32-43(30-21-11-7-3)33-25-19-15-16-20-28-38-47(39-29-40-48)42-45(49)35-26-27-36-46(50)51-41-37-44(31-22-12-8-4)34-24-18-14-10-6-2;2-1-3/h43-45,48-49H,5-42H2,1-4H3;1H,(H,2,3). The second-order valence-corrected chi connectivity index (χ2v) is 16.4. The number of rotatable bonds is 42. The molecule has 3 unspecified atom stereocenters. The molecule has 0 spiro atoms. The van der Waals surface area contributed by atoms with E-state index in [-0.39, 0.29) is 25.2 Å². The van der Waals surface area contributed by atoms with Crippen molar-refractivity contribution in [3.05, 3.63) is 0 Å². The molecule has 0 aliphatic rings. The van der Waals surface area contributed by atoms with Crippen LogP contribution in [0.5, 0.6) is 0 Å². The minimum Gasteiger partial charge on any atom is -0.483 e. The van der Waals surface area contributed by atoms with Gasteiger partial charge in [0.25, 0.3) is 6.47 Å². The zero-order valence-electron chi connectivity index (χ0n) is 36.7. The number of unbranched alkanes of at least 4 members (excludes halogenated alkanes) is 18. The van der Waals surface area contributed by atoms with E-state index >= 15 is 0 Å². The molecule has 0 bridgehead atoms. The number of carbonyl (C=O) groups is 2. The smallest absolute Gasteiger partial charge is 0.305 e. The van der Waals surface area contributed by atoms with Gasteiger partial charge in [-0.1, -0.05) is 201 Å². The second kappa shape index (κ2) is 46.2. The van der Waals surface area contributed by atoms with Gasteiger partial charge in [0.1, 0.15) is 0 Å². The number of ether oxygens (including phenoxy) is 1. The number of aliphatic hydroxyl groups excluding tert-OH is 2. The zero-order chi connectivity index (χ0) is 40.2. The van der Waals surface area contributed by atoms with Crippen LogP contribution in [0.2, 0.25) is 0 Å². The molecule has 3 N–H and O–H groups in total. The third kappa shape index (κ3) is 42.0. The number of carbonyl (C=O) groups excluding carboxylic acids is 1. The van der Waals surface area contributed by atoms with Crippen LogP contribution in [0.3, 0.4) is 0 Å². The summed E-state index contributed by atoms with van der Waals surface area (Å²) in [5, 5.41) is 27.1. The normalized spacial score (nSPS) is 13.0. The van der Waals surface area contributed by atoms with E-state index in [9.17, 15) is 15.0 Å². The van der Waals surface area contributed by atoms with Crippen molar-refractivity contribution in [3.63, 3.8) is 0 Å². The molecule has 0 aliphatic heterocycles. The van der Waals surface area contributed by atoms with Crippen LogP contribution in [0, 0.1) is 11.8 Å². The summed E-state index contributed by atoms with van der Waals surface area (Å²) < 4.78 is 5.64. The first-order valence-corrected chi connectivity index (χ1v) is 23.7. The van der Waals surface area contributed by atoms with Gasteiger partial charge in [-0.3, -0.25) is 9.59 Å². The van der Waals surface area contributed by atoms with E-state index in [0.29, 0.717) is 25.5 Å². The van der Waals surface area contributed by atoms with Gasteiger partial charge in [0.15, 0.2) is 0 Å². The summed E-state index contributed by atoms with van der Waals surface area (Å²) in [6.45, 7) is 12.2. The molecule has 0 rings (SSSR count). The van der Waals surface area contributed by atoms with Gasteiger partial charge in [-0.2, -0.15) is 0 Å². The third-order valence-electron chi connectivity index (χ3n) is 11.3. The Kier molecular flexibility index (Phi) is 47.0. The van der Waals surface area contributed by atoms with Crippen LogP contribution < -0.4 is 0 Å². The summed E-state index contributed by atoms with van der Waals surface area (Å²) in [7, 11) is 0. The first-order chi connectivity index (χ1) is 26.4. The quantitative estimate of drug-likeness (QED) is 0.0322. The van der Waals surface area contributed by atoms with Gasteiger partial charge in [0, 0.05) is 26.1 Å². The molecule has 0 heterocycles. The summed E-state index contributed by atoms with van der Waals surface area (Å²) in [6.07, 6.45) is 40.6. The lowest BCUT2D eigenvalue weighted by atomic mass is 9.89. The molecule has 0 aromatic rings. The van der Waals surface area contributed by atoms with E-state index in [1.54, 1.807) is 0 Å². The van der Waals surface area contributed by atoms with Crippen LogP contribution >= 0.6 is 0 Å². The molecule has 3 atom stereocenters. The fraction of sp³-hybridized carbons (Fsp3) is 0.957. The summed E-state index contributed by atoms with van der Waals surface area (Å²) >= 11 is 0. The first-order valence-electron chi connectivity index (χ1n) is 23.7. The van der Waals surface area contributed by atoms with Gasteiger partial charge >= 0.3 is 5.97 Å². The Bertz CT molecular complexity index is 737. The number of hydrogen-bond donors (Lipinski definition) is 3. The van der Waals surface area contributed by atoms with Gasteiger partial charge in [-0.05, 0) is 50.5 Å². The van der Waals surface area contributed by atoms with Crippen LogP contribution in [0.1, 0.15) is 240 Å². The Hall–Kier alpha value is -1.18. The van der Waals surface area contributed by atoms with Gasteiger partial charge in [-0.25, -0.2) is 0 Å². The van der Waals surface area contributed by atoms with Crippen LogP contribution in [-0.4, -0.2) is 71.6 Å². The minimum absolute atomic E-state index is 0.0751. The number of nitrogens with zero attached hydrogens (tertiary/aromatic N) is 1. The molecule has 0 aromatic carbocycles. The Balaban J connectivity index is 0. The van der Waals surface area contributed by atoms with Crippen molar-refractivity contribution in [1.29, 1.82) is 0 Å². The molecular formula is C47H95NO6. The predicted molar refractivity (Wildman–Crippen MR) is 231 cm³/mol.